The predicted octanol–water partition coefficient (Wildman–Crippen LogP) is 1.17. The molecule has 2 amide bonds. The van der Waals surface area contributed by atoms with Crippen LogP contribution in [0.5, 0.6) is 0 Å². The standard InChI is InChI=1S/C16H23N3O3S/c17-15(21)11-19-8-6-12(7-9-19)18-16(22)5-1-3-13(20)14-4-2-10-23-14/h2,4,10,12H,1,3,5-9,11H2,(H2,17,21)(H,18,22). The van der Waals surface area contributed by atoms with E-state index in [1.54, 1.807) is 0 Å². The van der Waals surface area contributed by atoms with Gasteiger partial charge >= 0.3 is 0 Å². The van der Waals surface area contributed by atoms with Crippen LogP contribution in [0.3, 0.4) is 0 Å². The van der Waals surface area contributed by atoms with Crippen molar-refractivity contribution < 1.29 is 14.4 Å². The molecule has 6 nitrogen and oxygen atoms in total. The maximum atomic E-state index is 11.9. The molecule has 0 unspecified atom stereocenters. The first-order chi connectivity index (χ1) is 11.0. The normalized spacial score (nSPS) is 16.2. The lowest BCUT2D eigenvalue weighted by molar-refractivity contribution is -0.123. The molecular weight excluding hydrogens is 314 g/mol. The van der Waals surface area contributed by atoms with Crippen molar-refractivity contribution in [3.63, 3.8) is 0 Å². The van der Waals surface area contributed by atoms with Crippen molar-refractivity contribution in [2.75, 3.05) is 19.6 Å². The summed E-state index contributed by atoms with van der Waals surface area (Å²) in [5.41, 5.74) is 5.18. The number of Topliss-reactive ketones (excluding diaryl/α,β-unsaturated/α-hetero) is 1. The fourth-order valence-corrected chi connectivity index (χ4v) is 3.42. The number of nitrogens with one attached hydrogen (secondary N) is 1. The van der Waals surface area contributed by atoms with E-state index in [9.17, 15) is 14.4 Å². The molecule has 3 N–H and O–H groups in total. The average molecular weight is 337 g/mol. The van der Waals surface area contributed by atoms with Crippen LogP contribution in [0.1, 0.15) is 41.8 Å². The number of nitrogens with two attached hydrogens (primary N) is 1. The largest absolute Gasteiger partial charge is 0.369 e. The first-order valence-electron chi connectivity index (χ1n) is 7.91. The van der Waals surface area contributed by atoms with Crippen molar-refractivity contribution in [3.05, 3.63) is 22.4 Å². The maximum absolute atomic E-state index is 11.9. The summed E-state index contributed by atoms with van der Waals surface area (Å²) >= 11 is 1.44. The minimum Gasteiger partial charge on any atom is -0.369 e. The number of rotatable bonds is 8. The molecule has 0 radical (unpaired) electrons. The lowest BCUT2D eigenvalue weighted by Gasteiger charge is -2.31. The number of thiophene rings is 1. The van der Waals surface area contributed by atoms with E-state index in [0.29, 0.717) is 19.3 Å². The average Bonchev–Trinajstić information content (AvgIpc) is 3.03. The molecule has 1 aliphatic heterocycles. The number of carbonyl (C=O) groups is 3. The highest BCUT2D eigenvalue weighted by molar-refractivity contribution is 7.12. The Morgan fingerprint density at radius 2 is 2.00 bits per heavy atom. The molecule has 126 valence electrons. The van der Waals surface area contributed by atoms with E-state index >= 15 is 0 Å². The zero-order chi connectivity index (χ0) is 16.7. The number of amides is 2. The number of likely N-dealkylation sites (tertiary alicyclic amines) is 1. The second-order valence-corrected chi connectivity index (χ2v) is 6.79. The summed E-state index contributed by atoms with van der Waals surface area (Å²) < 4.78 is 0. The number of primary amides is 1. The maximum Gasteiger partial charge on any atom is 0.231 e. The van der Waals surface area contributed by atoms with E-state index < -0.39 is 0 Å². The summed E-state index contributed by atoms with van der Waals surface area (Å²) in [6.07, 6.45) is 3.01. The van der Waals surface area contributed by atoms with E-state index in [2.05, 4.69) is 5.32 Å². The fraction of sp³-hybridized carbons (Fsp3) is 0.562. The van der Waals surface area contributed by atoms with Crippen LogP contribution in [-0.4, -0.2) is 48.2 Å². The molecular formula is C16H23N3O3S. The van der Waals surface area contributed by atoms with Gasteiger partial charge in [-0.3, -0.25) is 19.3 Å². The Balaban J connectivity index is 1.60. The molecule has 0 aromatic carbocycles. The number of hydrogen-bond acceptors (Lipinski definition) is 5. The first-order valence-corrected chi connectivity index (χ1v) is 8.79. The molecule has 2 heterocycles. The third-order valence-corrected chi connectivity index (χ3v) is 4.85. The highest BCUT2D eigenvalue weighted by Gasteiger charge is 2.21. The molecule has 0 atom stereocenters. The molecule has 1 aromatic rings. The Bertz CT molecular complexity index is 537. The summed E-state index contributed by atoms with van der Waals surface area (Å²) in [6, 6.07) is 3.82. The Kier molecular flexibility index (Phi) is 6.73. The molecule has 2 rings (SSSR count). The summed E-state index contributed by atoms with van der Waals surface area (Å²) in [4.78, 5) is 37.4. The Morgan fingerprint density at radius 3 is 2.61 bits per heavy atom. The zero-order valence-electron chi connectivity index (χ0n) is 13.1. The van der Waals surface area contributed by atoms with E-state index in [1.807, 2.05) is 22.4 Å². The van der Waals surface area contributed by atoms with Crippen LogP contribution in [0.4, 0.5) is 0 Å². The highest BCUT2D eigenvalue weighted by atomic mass is 32.1. The van der Waals surface area contributed by atoms with Gasteiger partial charge in [0.15, 0.2) is 5.78 Å². The molecule has 1 aliphatic rings. The van der Waals surface area contributed by atoms with E-state index in [-0.39, 0.29) is 30.2 Å². The second-order valence-electron chi connectivity index (χ2n) is 5.84. The zero-order valence-corrected chi connectivity index (χ0v) is 13.9. The summed E-state index contributed by atoms with van der Waals surface area (Å²) in [7, 11) is 0. The number of piperidine rings is 1. The second kappa shape index (κ2) is 8.79. The molecule has 1 fully saturated rings. The molecule has 7 heteroatoms. The summed E-state index contributed by atoms with van der Waals surface area (Å²) in [5, 5.41) is 4.89. The predicted molar refractivity (Wildman–Crippen MR) is 89.3 cm³/mol. The van der Waals surface area contributed by atoms with Gasteiger partial charge in [0, 0.05) is 32.0 Å². The van der Waals surface area contributed by atoms with E-state index in [4.69, 9.17) is 5.73 Å². The van der Waals surface area contributed by atoms with Crippen molar-refractivity contribution >= 4 is 28.9 Å². The summed E-state index contributed by atoms with van der Waals surface area (Å²) in [5.74, 6) is -0.215. The Labute approximate surface area is 140 Å². The van der Waals surface area contributed by atoms with Gasteiger partial charge in [0.2, 0.25) is 11.8 Å². The van der Waals surface area contributed by atoms with Crippen molar-refractivity contribution in [2.24, 2.45) is 5.73 Å². The van der Waals surface area contributed by atoms with E-state index in [1.165, 1.54) is 11.3 Å². The SMILES string of the molecule is NC(=O)CN1CCC(NC(=O)CCCC(=O)c2cccs2)CC1. The number of carbonyl (C=O) groups excluding carboxylic acids is 3. The number of ketones is 1. The molecule has 0 aliphatic carbocycles. The van der Waals surface area contributed by atoms with Crippen LogP contribution in [-0.2, 0) is 9.59 Å². The third-order valence-electron chi connectivity index (χ3n) is 3.94. The molecule has 1 aromatic heterocycles. The molecule has 0 spiro atoms. The van der Waals surface area contributed by atoms with Crippen LogP contribution in [0.25, 0.3) is 0 Å². The molecule has 23 heavy (non-hydrogen) atoms. The van der Waals surface area contributed by atoms with Gasteiger partial charge in [-0.15, -0.1) is 11.3 Å². The minimum atomic E-state index is -0.317. The van der Waals surface area contributed by atoms with Crippen LogP contribution in [0, 0.1) is 0 Å². The smallest absolute Gasteiger partial charge is 0.231 e. The molecule has 1 saturated heterocycles. The van der Waals surface area contributed by atoms with Gasteiger partial charge in [-0.05, 0) is 30.7 Å². The third kappa shape index (κ3) is 6.11. The quantitative estimate of drug-likeness (QED) is 0.696. The van der Waals surface area contributed by atoms with Crippen molar-refractivity contribution in [3.8, 4) is 0 Å². The number of hydrogen-bond donors (Lipinski definition) is 2. The lowest BCUT2D eigenvalue weighted by Crippen LogP contribution is -2.46. The lowest BCUT2D eigenvalue weighted by atomic mass is 10.0. The van der Waals surface area contributed by atoms with Crippen LogP contribution < -0.4 is 11.1 Å². The van der Waals surface area contributed by atoms with Gasteiger partial charge in [-0.25, -0.2) is 0 Å². The van der Waals surface area contributed by atoms with Gasteiger partial charge < -0.3 is 11.1 Å². The topological polar surface area (TPSA) is 92.5 Å². The van der Waals surface area contributed by atoms with Gasteiger partial charge in [0.05, 0.1) is 11.4 Å². The first kappa shape index (κ1) is 17.6. The van der Waals surface area contributed by atoms with Gasteiger partial charge in [-0.1, -0.05) is 6.07 Å². The van der Waals surface area contributed by atoms with Crippen LogP contribution in [0.2, 0.25) is 0 Å². The molecule has 0 saturated carbocycles. The van der Waals surface area contributed by atoms with Gasteiger partial charge in [0.25, 0.3) is 0 Å². The van der Waals surface area contributed by atoms with Crippen LogP contribution in [0.15, 0.2) is 17.5 Å². The van der Waals surface area contributed by atoms with Gasteiger partial charge in [0.1, 0.15) is 0 Å². The summed E-state index contributed by atoms with van der Waals surface area (Å²) in [6.45, 7) is 1.82. The molecule has 0 bridgehead atoms. The minimum absolute atomic E-state index is 0.00247. The monoisotopic (exact) mass is 337 g/mol. The Hall–Kier alpha value is -1.73. The van der Waals surface area contributed by atoms with Crippen molar-refractivity contribution in [1.82, 2.24) is 10.2 Å². The van der Waals surface area contributed by atoms with Crippen molar-refractivity contribution in [2.45, 2.75) is 38.1 Å². The van der Waals surface area contributed by atoms with Gasteiger partial charge in [-0.2, -0.15) is 0 Å². The van der Waals surface area contributed by atoms with Crippen LogP contribution >= 0.6 is 11.3 Å². The number of nitrogens with zero attached hydrogens (tertiary/aromatic N) is 1. The van der Waals surface area contributed by atoms with Crippen molar-refractivity contribution in [1.29, 1.82) is 0 Å². The highest BCUT2D eigenvalue weighted by Crippen LogP contribution is 2.14. The fourth-order valence-electron chi connectivity index (χ4n) is 2.73. The Morgan fingerprint density at radius 1 is 1.26 bits per heavy atom. The van der Waals surface area contributed by atoms with E-state index in [0.717, 1.165) is 30.8 Å².